The average Bonchev–Trinajstić information content (AvgIpc) is 3.01. The molecule has 7 rings (SSSR count). The van der Waals surface area contributed by atoms with E-state index in [0.29, 0.717) is 11.2 Å². The molecule has 0 bridgehead atoms. The van der Waals surface area contributed by atoms with Crippen LogP contribution < -0.4 is 0 Å². The average molecular weight is 432 g/mol. The zero-order valence-corrected chi connectivity index (χ0v) is 17.8. The summed E-state index contributed by atoms with van der Waals surface area (Å²) in [5.41, 5.74) is 1.35. The molecule has 0 atom stereocenters. The summed E-state index contributed by atoms with van der Waals surface area (Å²) in [6.07, 6.45) is 0. The molecule has 0 aliphatic heterocycles. The molecular formula is C28H17O3P. The molecule has 0 aliphatic rings. The number of benzene rings is 6. The van der Waals surface area contributed by atoms with E-state index in [1.807, 2.05) is 36.4 Å². The minimum absolute atomic E-state index is 0.673. The first-order valence-electron chi connectivity index (χ1n) is 10.5. The number of hydrogen-bond donors (Lipinski definition) is 1. The molecular weight excluding hydrogens is 415 g/mol. The van der Waals surface area contributed by atoms with Crippen LogP contribution in [0.5, 0.6) is 0 Å². The van der Waals surface area contributed by atoms with Crippen molar-refractivity contribution in [3.8, 4) is 0 Å². The lowest BCUT2D eigenvalue weighted by atomic mass is 9.92. The van der Waals surface area contributed by atoms with Gasteiger partial charge in [-0.3, -0.25) is 4.89 Å². The van der Waals surface area contributed by atoms with Gasteiger partial charge in [-0.1, -0.05) is 97.1 Å². The Labute approximate surface area is 183 Å². The molecule has 0 saturated carbocycles. The topological polar surface area (TPSA) is 46.5 Å². The van der Waals surface area contributed by atoms with Crippen LogP contribution in [0.2, 0.25) is 0 Å². The smallest absolute Gasteiger partial charge is 0.384 e. The fraction of sp³-hybridized carbons (Fsp3) is 0. The van der Waals surface area contributed by atoms with Gasteiger partial charge in [-0.05, 0) is 32.3 Å². The Morgan fingerprint density at radius 3 is 1.06 bits per heavy atom. The van der Waals surface area contributed by atoms with Crippen molar-refractivity contribution < 1.29 is 13.3 Å². The standard InChI is InChI=1S/C28H17O3P/c29-32-30-27-23-15-7-3-11-19(23)17-9-1-5-13-21(17)25(27)26-22-14-6-2-10-18(22)20-12-4-8-16-24(20)28(26)31-32/h1-16,29H. The van der Waals surface area contributed by atoms with E-state index >= 15 is 0 Å². The molecule has 0 saturated heterocycles. The zero-order chi connectivity index (χ0) is 21.2. The number of fused-ring (bicyclic) bond motifs is 13. The van der Waals surface area contributed by atoms with Gasteiger partial charge in [0.25, 0.3) is 0 Å². The normalized spacial score (nSPS) is 11.9. The quantitative estimate of drug-likeness (QED) is 0.244. The van der Waals surface area contributed by atoms with E-state index < -0.39 is 8.24 Å². The monoisotopic (exact) mass is 432 g/mol. The number of hydrogen-bond acceptors (Lipinski definition) is 3. The van der Waals surface area contributed by atoms with E-state index in [1.54, 1.807) is 0 Å². The number of rotatable bonds is 0. The molecule has 1 N–H and O–H groups in total. The van der Waals surface area contributed by atoms with Crippen molar-refractivity contribution in [3.05, 3.63) is 97.1 Å². The van der Waals surface area contributed by atoms with Crippen LogP contribution in [0.4, 0.5) is 0 Å². The Morgan fingerprint density at radius 1 is 0.406 bits per heavy atom. The van der Waals surface area contributed by atoms with Crippen molar-refractivity contribution >= 4 is 73.3 Å². The summed E-state index contributed by atoms with van der Waals surface area (Å²) in [4.78, 5) is 10.9. The molecule has 1 aromatic heterocycles. The van der Waals surface area contributed by atoms with Gasteiger partial charge in [0, 0.05) is 21.5 Å². The molecule has 4 heteroatoms. The van der Waals surface area contributed by atoms with Crippen molar-refractivity contribution in [2.45, 2.75) is 0 Å². The van der Waals surface area contributed by atoms with Crippen molar-refractivity contribution in [3.63, 3.8) is 0 Å². The first-order chi connectivity index (χ1) is 15.8. The second-order valence-corrected chi connectivity index (χ2v) is 8.85. The maximum atomic E-state index is 10.9. The van der Waals surface area contributed by atoms with Gasteiger partial charge >= 0.3 is 8.24 Å². The molecule has 7 aromatic rings. The van der Waals surface area contributed by atoms with Crippen LogP contribution in [-0.2, 0) is 0 Å². The van der Waals surface area contributed by atoms with Crippen LogP contribution in [0.3, 0.4) is 0 Å². The molecule has 0 radical (unpaired) electrons. The third-order valence-electron chi connectivity index (χ3n) is 6.36. The van der Waals surface area contributed by atoms with Crippen molar-refractivity contribution in [2.24, 2.45) is 0 Å². The molecule has 152 valence electrons. The highest BCUT2D eigenvalue weighted by atomic mass is 31.1. The molecule has 0 aliphatic carbocycles. The zero-order valence-electron chi connectivity index (χ0n) is 16.9. The van der Waals surface area contributed by atoms with Gasteiger partial charge in [0.15, 0.2) is 11.2 Å². The lowest BCUT2D eigenvalue weighted by molar-refractivity contribution is 0.497. The van der Waals surface area contributed by atoms with E-state index in [9.17, 15) is 4.89 Å². The predicted molar refractivity (Wildman–Crippen MR) is 134 cm³/mol. The molecule has 3 nitrogen and oxygen atoms in total. The first kappa shape index (κ1) is 17.9. The molecule has 0 amide bonds. The highest BCUT2D eigenvalue weighted by Crippen LogP contribution is 2.45. The summed E-state index contributed by atoms with van der Waals surface area (Å²) in [7, 11) is -2.15. The highest BCUT2D eigenvalue weighted by molar-refractivity contribution is 7.30. The summed E-state index contributed by atoms with van der Waals surface area (Å²) >= 11 is 0. The molecule has 6 aromatic carbocycles. The van der Waals surface area contributed by atoms with Gasteiger partial charge in [0.05, 0.1) is 0 Å². The van der Waals surface area contributed by atoms with Crippen LogP contribution >= 0.6 is 8.24 Å². The van der Waals surface area contributed by atoms with Crippen LogP contribution in [0, 0.1) is 0 Å². The van der Waals surface area contributed by atoms with Crippen molar-refractivity contribution in [2.75, 3.05) is 0 Å². The second-order valence-electron chi connectivity index (χ2n) is 8.01. The first-order valence-corrected chi connectivity index (χ1v) is 11.7. The van der Waals surface area contributed by atoms with Crippen LogP contribution in [-0.4, -0.2) is 4.89 Å². The Hall–Kier alpha value is -3.78. The van der Waals surface area contributed by atoms with Gasteiger partial charge in [-0.25, -0.2) is 0 Å². The summed E-state index contributed by atoms with van der Waals surface area (Å²) < 4.78 is 12.3. The fourth-order valence-corrected chi connectivity index (χ4v) is 5.81. The summed E-state index contributed by atoms with van der Waals surface area (Å²) in [6.45, 7) is 0. The lowest BCUT2D eigenvalue weighted by Gasteiger charge is -2.11. The third-order valence-corrected chi connectivity index (χ3v) is 7.04. The SMILES string of the molecule is Op1oc2c3ccccc3c3ccccc3c2c2c3ccccc3c3ccccc3c2o1. The Kier molecular flexibility index (Phi) is 3.69. The van der Waals surface area contributed by atoms with E-state index in [0.717, 1.165) is 53.9 Å². The summed E-state index contributed by atoms with van der Waals surface area (Å²) in [6, 6.07) is 33.2. The van der Waals surface area contributed by atoms with Gasteiger partial charge in [-0.15, -0.1) is 0 Å². The van der Waals surface area contributed by atoms with Gasteiger partial charge < -0.3 is 8.39 Å². The van der Waals surface area contributed by atoms with Crippen LogP contribution in [0.15, 0.2) is 105 Å². The molecule has 32 heavy (non-hydrogen) atoms. The maximum absolute atomic E-state index is 10.9. The van der Waals surface area contributed by atoms with Gasteiger partial charge in [0.2, 0.25) is 0 Å². The predicted octanol–water partition coefficient (Wildman–Crippen LogP) is 8.66. The van der Waals surface area contributed by atoms with E-state index in [-0.39, 0.29) is 0 Å². The Balaban J connectivity index is 1.98. The molecule has 1 heterocycles. The summed E-state index contributed by atoms with van der Waals surface area (Å²) in [5, 5.41) is 10.5. The van der Waals surface area contributed by atoms with Crippen LogP contribution in [0.25, 0.3) is 65.0 Å². The van der Waals surface area contributed by atoms with E-state index in [1.165, 1.54) is 0 Å². The summed E-state index contributed by atoms with van der Waals surface area (Å²) in [5.74, 6) is 0. The molecule has 0 unspecified atom stereocenters. The van der Waals surface area contributed by atoms with E-state index in [2.05, 4.69) is 60.7 Å². The largest absolute Gasteiger partial charge is 0.398 e. The van der Waals surface area contributed by atoms with E-state index in [4.69, 9.17) is 8.39 Å². The van der Waals surface area contributed by atoms with Gasteiger partial charge in [-0.2, -0.15) is 0 Å². The van der Waals surface area contributed by atoms with Crippen molar-refractivity contribution in [1.82, 2.24) is 0 Å². The third kappa shape index (κ3) is 2.35. The second kappa shape index (κ2) is 6.61. The highest BCUT2D eigenvalue weighted by Gasteiger charge is 2.18. The fourth-order valence-electron chi connectivity index (χ4n) is 5.08. The lowest BCUT2D eigenvalue weighted by Crippen LogP contribution is -1.85. The molecule has 0 fully saturated rings. The van der Waals surface area contributed by atoms with Crippen molar-refractivity contribution in [1.29, 1.82) is 0 Å². The van der Waals surface area contributed by atoms with Crippen LogP contribution in [0.1, 0.15) is 0 Å². The van der Waals surface area contributed by atoms with Gasteiger partial charge in [0.1, 0.15) is 0 Å². The minimum Gasteiger partial charge on any atom is -0.398 e. The molecule has 0 spiro atoms. The Bertz CT molecular complexity index is 1760. The Morgan fingerprint density at radius 2 is 0.688 bits per heavy atom. The maximum Gasteiger partial charge on any atom is 0.384 e. The minimum atomic E-state index is -2.15.